The third-order valence-electron chi connectivity index (χ3n) is 2.52. The number of fused-ring (bicyclic) bond motifs is 1. The van der Waals surface area contributed by atoms with E-state index in [1.165, 1.54) is 0 Å². The molecule has 1 heterocycles. The van der Waals surface area contributed by atoms with Crippen molar-refractivity contribution in [3.05, 3.63) is 24.0 Å². The van der Waals surface area contributed by atoms with Gasteiger partial charge in [0.1, 0.15) is 5.82 Å². The molecule has 16 heavy (non-hydrogen) atoms. The minimum Gasteiger partial charge on any atom is -0.376 e. The van der Waals surface area contributed by atoms with Gasteiger partial charge in [0.25, 0.3) is 0 Å². The molecular weight excluding hydrogens is 220 g/mol. The molecule has 2 rings (SSSR count). The van der Waals surface area contributed by atoms with Gasteiger partial charge >= 0.3 is 0 Å². The Labute approximate surface area is 99.5 Å². The van der Waals surface area contributed by atoms with Crippen molar-refractivity contribution < 1.29 is 0 Å². The molecule has 0 aliphatic carbocycles. The summed E-state index contributed by atoms with van der Waals surface area (Å²) >= 11 is 4.80. The second-order valence-corrected chi connectivity index (χ2v) is 4.04. The number of imidazole rings is 1. The number of rotatable bonds is 2. The van der Waals surface area contributed by atoms with Crippen molar-refractivity contribution in [1.82, 2.24) is 9.55 Å². The summed E-state index contributed by atoms with van der Waals surface area (Å²) in [7, 11) is 0. The number of anilines is 1. The highest BCUT2D eigenvalue weighted by Crippen LogP contribution is 2.20. The number of nitrogens with zero attached hydrogens (tertiary/aromatic N) is 2. The molecule has 0 aliphatic rings. The van der Waals surface area contributed by atoms with Crippen LogP contribution in [0.15, 0.2) is 18.2 Å². The molecule has 0 radical (unpaired) electrons. The van der Waals surface area contributed by atoms with E-state index in [2.05, 4.69) is 21.8 Å². The Morgan fingerprint density at radius 3 is 2.94 bits per heavy atom. The SMILES string of the molecule is CCn1c(C)nc2cc(NC(N)=S)ccc21. The Balaban J connectivity index is 2.51. The molecule has 0 bridgehead atoms. The van der Waals surface area contributed by atoms with Crippen molar-refractivity contribution in [3.8, 4) is 0 Å². The van der Waals surface area contributed by atoms with Crippen molar-refractivity contribution >= 4 is 34.1 Å². The lowest BCUT2D eigenvalue weighted by atomic mass is 10.2. The molecule has 1 aromatic carbocycles. The van der Waals surface area contributed by atoms with Crippen molar-refractivity contribution in [2.45, 2.75) is 20.4 Å². The van der Waals surface area contributed by atoms with E-state index in [1.54, 1.807) is 0 Å². The highest BCUT2D eigenvalue weighted by Gasteiger charge is 2.06. The van der Waals surface area contributed by atoms with Gasteiger partial charge in [-0.1, -0.05) is 0 Å². The van der Waals surface area contributed by atoms with Crippen LogP contribution in [0.1, 0.15) is 12.7 Å². The van der Waals surface area contributed by atoms with E-state index >= 15 is 0 Å². The van der Waals surface area contributed by atoms with Crippen molar-refractivity contribution in [2.24, 2.45) is 5.73 Å². The molecule has 3 N–H and O–H groups in total. The fourth-order valence-corrected chi connectivity index (χ4v) is 1.99. The van der Waals surface area contributed by atoms with Crippen LogP contribution in [0, 0.1) is 6.92 Å². The Kier molecular flexibility index (Phi) is 2.78. The standard InChI is InChI=1S/C11H14N4S/c1-3-15-7(2)13-9-6-8(14-11(12)16)4-5-10(9)15/h4-6H,3H2,1-2H3,(H3,12,14,16). The fraction of sp³-hybridized carbons (Fsp3) is 0.273. The zero-order chi connectivity index (χ0) is 11.7. The number of nitrogens with one attached hydrogen (secondary N) is 1. The lowest BCUT2D eigenvalue weighted by Crippen LogP contribution is -2.18. The molecule has 1 aromatic heterocycles. The summed E-state index contributed by atoms with van der Waals surface area (Å²) in [6, 6.07) is 5.93. The van der Waals surface area contributed by atoms with Gasteiger partial charge in [0, 0.05) is 12.2 Å². The predicted octanol–water partition coefficient (Wildman–Crippen LogP) is 2.02. The summed E-state index contributed by atoms with van der Waals surface area (Å²) in [6.07, 6.45) is 0. The summed E-state index contributed by atoms with van der Waals surface area (Å²) < 4.78 is 2.17. The van der Waals surface area contributed by atoms with E-state index in [0.717, 1.165) is 29.1 Å². The predicted molar refractivity (Wildman–Crippen MR) is 70.6 cm³/mol. The number of hydrogen-bond acceptors (Lipinski definition) is 2. The van der Waals surface area contributed by atoms with Gasteiger partial charge in [-0.25, -0.2) is 4.98 Å². The Morgan fingerprint density at radius 1 is 1.56 bits per heavy atom. The maximum absolute atomic E-state index is 5.42. The monoisotopic (exact) mass is 234 g/mol. The third-order valence-corrected chi connectivity index (χ3v) is 2.62. The Bertz CT molecular complexity index is 544. The van der Waals surface area contributed by atoms with Crippen LogP contribution >= 0.6 is 12.2 Å². The fourth-order valence-electron chi connectivity index (χ4n) is 1.87. The topological polar surface area (TPSA) is 55.9 Å². The minimum atomic E-state index is 0.269. The molecule has 0 aliphatic heterocycles. The molecule has 0 fully saturated rings. The van der Waals surface area contributed by atoms with E-state index in [9.17, 15) is 0 Å². The first-order valence-corrected chi connectivity index (χ1v) is 5.56. The quantitative estimate of drug-likeness (QED) is 0.781. The second-order valence-electron chi connectivity index (χ2n) is 3.60. The van der Waals surface area contributed by atoms with Gasteiger partial charge in [-0.15, -0.1) is 0 Å². The molecule has 0 amide bonds. The average Bonchev–Trinajstić information content (AvgIpc) is 2.51. The van der Waals surface area contributed by atoms with Crippen molar-refractivity contribution in [2.75, 3.05) is 5.32 Å². The molecular formula is C11H14N4S. The van der Waals surface area contributed by atoms with Crippen molar-refractivity contribution in [1.29, 1.82) is 0 Å². The third kappa shape index (κ3) is 1.86. The minimum absolute atomic E-state index is 0.269. The molecule has 0 saturated heterocycles. The van der Waals surface area contributed by atoms with Gasteiger partial charge in [0.05, 0.1) is 11.0 Å². The van der Waals surface area contributed by atoms with E-state index < -0.39 is 0 Å². The molecule has 0 spiro atoms. The van der Waals surface area contributed by atoms with Crippen LogP contribution in [-0.2, 0) is 6.54 Å². The van der Waals surface area contributed by atoms with Crippen molar-refractivity contribution in [3.63, 3.8) is 0 Å². The summed E-state index contributed by atoms with van der Waals surface area (Å²) in [6.45, 7) is 5.03. The number of hydrogen-bond donors (Lipinski definition) is 2. The maximum Gasteiger partial charge on any atom is 0.168 e. The first kappa shape index (κ1) is 10.9. The second kappa shape index (κ2) is 4.09. The van der Waals surface area contributed by atoms with Crippen LogP contribution in [0.4, 0.5) is 5.69 Å². The summed E-state index contributed by atoms with van der Waals surface area (Å²) in [5.41, 5.74) is 8.39. The van der Waals surface area contributed by atoms with Gasteiger partial charge in [-0.2, -0.15) is 0 Å². The lowest BCUT2D eigenvalue weighted by Gasteiger charge is -2.04. The van der Waals surface area contributed by atoms with E-state index in [0.29, 0.717) is 0 Å². The molecule has 84 valence electrons. The molecule has 4 nitrogen and oxygen atoms in total. The largest absolute Gasteiger partial charge is 0.376 e. The Hall–Kier alpha value is -1.62. The number of aryl methyl sites for hydroxylation is 2. The number of benzene rings is 1. The van der Waals surface area contributed by atoms with Gasteiger partial charge in [-0.3, -0.25) is 0 Å². The lowest BCUT2D eigenvalue weighted by molar-refractivity contribution is 0.753. The van der Waals surface area contributed by atoms with Crippen LogP contribution in [0.2, 0.25) is 0 Å². The molecule has 0 atom stereocenters. The molecule has 5 heteroatoms. The van der Waals surface area contributed by atoms with Gasteiger partial charge in [-0.05, 0) is 44.3 Å². The first-order chi connectivity index (χ1) is 7.61. The van der Waals surface area contributed by atoms with Gasteiger partial charge in [0.15, 0.2) is 5.11 Å². The molecule has 0 unspecified atom stereocenters. The van der Waals surface area contributed by atoms with Gasteiger partial charge < -0.3 is 15.6 Å². The van der Waals surface area contributed by atoms with E-state index in [-0.39, 0.29) is 5.11 Å². The van der Waals surface area contributed by atoms with Crippen LogP contribution in [-0.4, -0.2) is 14.7 Å². The number of aromatic nitrogens is 2. The van der Waals surface area contributed by atoms with Crippen LogP contribution in [0.3, 0.4) is 0 Å². The first-order valence-electron chi connectivity index (χ1n) is 5.15. The highest BCUT2D eigenvalue weighted by molar-refractivity contribution is 7.80. The number of thiocarbonyl (C=S) groups is 1. The maximum atomic E-state index is 5.42. The summed E-state index contributed by atoms with van der Waals surface area (Å²) in [4.78, 5) is 4.49. The van der Waals surface area contributed by atoms with Crippen LogP contribution in [0.5, 0.6) is 0 Å². The molecule has 2 aromatic rings. The highest BCUT2D eigenvalue weighted by atomic mass is 32.1. The Morgan fingerprint density at radius 2 is 2.31 bits per heavy atom. The van der Waals surface area contributed by atoms with Gasteiger partial charge in [0.2, 0.25) is 0 Å². The van der Waals surface area contributed by atoms with E-state index in [4.69, 9.17) is 18.0 Å². The normalized spacial score (nSPS) is 10.6. The summed E-state index contributed by atoms with van der Waals surface area (Å²) in [5, 5.41) is 3.17. The zero-order valence-corrected chi connectivity index (χ0v) is 10.1. The molecule has 0 saturated carbocycles. The number of nitrogens with two attached hydrogens (primary N) is 1. The smallest absolute Gasteiger partial charge is 0.168 e. The zero-order valence-electron chi connectivity index (χ0n) is 9.32. The van der Waals surface area contributed by atoms with E-state index in [1.807, 2.05) is 25.1 Å². The summed E-state index contributed by atoms with van der Waals surface area (Å²) in [5.74, 6) is 1.02. The average molecular weight is 234 g/mol. The van der Waals surface area contributed by atoms with Crippen LogP contribution in [0.25, 0.3) is 11.0 Å². The van der Waals surface area contributed by atoms with Crippen LogP contribution < -0.4 is 11.1 Å².